The summed E-state index contributed by atoms with van der Waals surface area (Å²) in [6.45, 7) is 3.86. The minimum absolute atomic E-state index is 0.0792. The van der Waals surface area contributed by atoms with Crippen molar-refractivity contribution in [2.45, 2.75) is 38.6 Å². The number of tetrazole rings is 1. The number of methoxy groups -OCH3 is 1. The van der Waals surface area contributed by atoms with Crippen LogP contribution in [0, 0.1) is 0 Å². The lowest BCUT2D eigenvalue weighted by atomic mass is 9.98. The number of halogens is 3. The highest BCUT2D eigenvalue weighted by Crippen LogP contribution is 2.30. The van der Waals surface area contributed by atoms with Crippen LogP contribution in [0.15, 0.2) is 48.5 Å². The molecule has 0 radical (unpaired) electrons. The van der Waals surface area contributed by atoms with Gasteiger partial charge in [-0.3, -0.25) is 0 Å². The molecule has 0 saturated carbocycles. The van der Waals surface area contributed by atoms with Crippen LogP contribution < -0.4 is 0 Å². The molecular formula is C20H21F3N4O. The van der Waals surface area contributed by atoms with Gasteiger partial charge >= 0.3 is 6.18 Å². The number of hydrogen-bond donors (Lipinski definition) is 0. The van der Waals surface area contributed by atoms with E-state index in [1.54, 1.807) is 7.11 Å². The van der Waals surface area contributed by atoms with Crippen molar-refractivity contribution in [3.63, 3.8) is 0 Å². The lowest BCUT2D eigenvalue weighted by Crippen LogP contribution is -2.22. The third kappa shape index (κ3) is 4.39. The molecule has 2 atom stereocenters. The van der Waals surface area contributed by atoms with Gasteiger partial charge in [-0.05, 0) is 48.7 Å². The summed E-state index contributed by atoms with van der Waals surface area (Å²) in [5.41, 5.74) is 1.82. The summed E-state index contributed by atoms with van der Waals surface area (Å²) in [7, 11) is 1.62. The van der Waals surface area contributed by atoms with Crippen molar-refractivity contribution in [1.82, 2.24) is 20.2 Å². The lowest BCUT2D eigenvalue weighted by Gasteiger charge is -2.16. The molecule has 0 aliphatic heterocycles. The highest BCUT2D eigenvalue weighted by molar-refractivity contribution is 5.60. The molecule has 0 aliphatic carbocycles. The summed E-state index contributed by atoms with van der Waals surface area (Å²) >= 11 is 0. The first kappa shape index (κ1) is 20.0. The van der Waals surface area contributed by atoms with Crippen LogP contribution >= 0.6 is 0 Å². The minimum Gasteiger partial charge on any atom is -0.379 e. The van der Waals surface area contributed by atoms with E-state index in [-0.39, 0.29) is 12.1 Å². The molecule has 148 valence electrons. The second-order valence-electron chi connectivity index (χ2n) is 6.64. The quantitative estimate of drug-likeness (QED) is 0.620. The number of hydrogen-bond acceptors (Lipinski definition) is 4. The van der Waals surface area contributed by atoms with Gasteiger partial charge in [-0.25, -0.2) is 0 Å². The molecule has 3 aromatic rings. The Morgan fingerprint density at radius 2 is 1.71 bits per heavy atom. The van der Waals surface area contributed by atoms with Gasteiger partial charge in [-0.1, -0.05) is 36.4 Å². The van der Waals surface area contributed by atoms with E-state index in [4.69, 9.17) is 4.74 Å². The Kier molecular flexibility index (Phi) is 5.79. The predicted octanol–water partition coefficient (Wildman–Crippen LogP) is 4.55. The molecule has 2 aromatic carbocycles. The fraction of sp³-hybridized carbons (Fsp3) is 0.350. The normalized spacial score (nSPS) is 14.1. The Labute approximate surface area is 161 Å². The summed E-state index contributed by atoms with van der Waals surface area (Å²) in [5.74, 6) is 0.470. The third-order valence-corrected chi connectivity index (χ3v) is 4.78. The Bertz CT molecular complexity index is 922. The fourth-order valence-electron chi connectivity index (χ4n) is 2.81. The second kappa shape index (κ2) is 8.10. The van der Waals surface area contributed by atoms with Gasteiger partial charge in [-0.2, -0.15) is 18.0 Å². The summed E-state index contributed by atoms with van der Waals surface area (Å²) < 4.78 is 43.6. The van der Waals surface area contributed by atoms with Gasteiger partial charge in [0.1, 0.15) is 0 Å². The molecule has 1 aromatic heterocycles. The van der Waals surface area contributed by atoms with Crippen LogP contribution in [0.4, 0.5) is 13.2 Å². The molecule has 1 heterocycles. The smallest absolute Gasteiger partial charge is 0.379 e. The lowest BCUT2D eigenvalue weighted by molar-refractivity contribution is -0.137. The first-order valence-corrected chi connectivity index (χ1v) is 8.86. The minimum atomic E-state index is -4.34. The predicted molar refractivity (Wildman–Crippen MR) is 98.7 cm³/mol. The Morgan fingerprint density at radius 1 is 1.04 bits per heavy atom. The summed E-state index contributed by atoms with van der Waals surface area (Å²) in [6, 6.07) is 12.6. The van der Waals surface area contributed by atoms with Crippen LogP contribution in [0.2, 0.25) is 0 Å². The molecule has 0 bridgehead atoms. The number of ether oxygens (including phenoxy) is 1. The molecule has 0 saturated heterocycles. The SMILES string of the molecule is CO[C@H](C)[C@@H](C)n1nnc(-c2ccccc2Cc2ccc(C(F)(F)F)cc2)n1. The molecule has 0 N–H and O–H groups in total. The van der Waals surface area contributed by atoms with Crippen molar-refractivity contribution in [1.29, 1.82) is 0 Å². The average Bonchev–Trinajstić information content (AvgIpc) is 3.17. The molecule has 3 rings (SSSR count). The largest absolute Gasteiger partial charge is 0.416 e. The number of rotatable bonds is 6. The summed E-state index contributed by atoms with van der Waals surface area (Å²) in [6.07, 6.45) is -3.95. The van der Waals surface area contributed by atoms with Gasteiger partial charge in [0.05, 0.1) is 17.7 Å². The van der Waals surface area contributed by atoms with Crippen molar-refractivity contribution < 1.29 is 17.9 Å². The van der Waals surface area contributed by atoms with Crippen molar-refractivity contribution in [3.8, 4) is 11.4 Å². The third-order valence-electron chi connectivity index (χ3n) is 4.78. The first-order chi connectivity index (χ1) is 13.3. The number of benzene rings is 2. The highest BCUT2D eigenvalue weighted by Gasteiger charge is 2.30. The van der Waals surface area contributed by atoms with Gasteiger partial charge in [0, 0.05) is 12.7 Å². The zero-order chi connectivity index (χ0) is 20.3. The van der Waals surface area contributed by atoms with Crippen LogP contribution in [0.1, 0.15) is 36.6 Å². The van der Waals surface area contributed by atoms with Crippen LogP contribution in [-0.2, 0) is 17.3 Å². The molecule has 0 amide bonds. The van der Waals surface area contributed by atoms with E-state index < -0.39 is 11.7 Å². The van der Waals surface area contributed by atoms with E-state index in [0.717, 1.165) is 28.8 Å². The van der Waals surface area contributed by atoms with Gasteiger partial charge in [0.25, 0.3) is 0 Å². The van der Waals surface area contributed by atoms with E-state index in [1.807, 2.05) is 38.1 Å². The maximum atomic E-state index is 12.7. The summed E-state index contributed by atoms with van der Waals surface area (Å²) in [4.78, 5) is 1.51. The van der Waals surface area contributed by atoms with Crippen molar-refractivity contribution in [2.24, 2.45) is 0 Å². The Morgan fingerprint density at radius 3 is 2.36 bits per heavy atom. The molecule has 5 nitrogen and oxygen atoms in total. The molecule has 28 heavy (non-hydrogen) atoms. The van der Waals surface area contributed by atoms with E-state index >= 15 is 0 Å². The van der Waals surface area contributed by atoms with Gasteiger partial charge in [0.15, 0.2) is 0 Å². The van der Waals surface area contributed by atoms with Crippen LogP contribution in [0.3, 0.4) is 0 Å². The van der Waals surface area contributed by atoms with E-state index in [0.29, 0.717) is 12.2 Å². The zero-order valence-electron chi connectivity index (χ0n) is 15.8. The standard InChI is InChI=1S/C20H21F3N4O/c1-13(14(2)28-3)27-25-19(24-26-27)18-7-5-4-6-16(18)12-15-8-10-17(11-9-15)20(21,22)23/h4-11,13-14H,12H2,1-3H3/t13-,14-/m1/s1. The van der Waals surface area contributed by atoms with E-state index in [9.17, 15) is 13.2 Å². The second-order valence-corrected chi connectivity index (χ2v) is 6.64. The van der Waals surface area contributed by atoms with Gasteiger partial charge in [0.2, 0.25) is 5.82 Å². The van der Waals surface area contributed by atoms with Crippen LogP contribution in [0.25, 0.3) is 11.4 Å². The zero-order valence-corrected chi connectivity index (χ0v) is 15.8. The monoisotopic (exact) mass is 390 g/mol. The molecule has 0 aliphatic rings. The van der Waals surface area contributed by atoms with Gasteiger partial charge < -0.3 is 4.74 Å². The Balaban J connectivity index is 1.85. The number of nitrogens with zero attached hydrogens (tertiary/aromatic N) is 4. The number of alkyl halides is 3. The molecule has 0 fully saturated rings. The fourth-order valence-corrected chi connectivity index (χ4v) is 2.81. The topological polar surface area (TPSA) is 52.8 Å². The maximum absolute atomic E-state index is 12.7. The van der Waals surface area contributed by atoms with Crippen molar-refractivity contribution in [3.05, 3.63) is 65.2 Å². The molecule has 0 unspecified atom stereocenters. The van der Waals surface area contributed by atoms with Crippen LogP contribution in [0.5, 0.6) is 0 Å². The number of aromatic nitrogens is 4. The average molecular weight is 390 g/mol. The molecule has 8 heteroatoms. The molecule has 0 spiro atoms. The molecular weight excluding hydrogens is 369 g/mol. The van der Waals surface area contributed by atoms with E-state index in [2.05, 4.69) is 15.4 Å². The maximum Gasteiger partial charge on any atom is 0.416 e. The summed E-state index contributed by atoms with van der Waals surface area (Å²) in [5, 5.41) is 12.7. The van der Waals surface area contributed by atoms with E-state index in [1.165, 1.54) is 16.9 Å². The van der Waals surface area contributed by atoms with Crippen molar-refractivity contribution in [2.75, 3.05) is 7.11 Å². The van der Waals surface area contributed by atoms with Crippen LogP contribution in [-0.4, -0.2) is 33.4 Å². The Hall–Kier alpha value is -2.74. The highest BCUT2D eigenvalue weighted by atomic mass is 19.4. The van der Waals surface area contributed by atoms with Crippen molar-refractivity contribution >= 4 is 0 Å². The first-order valence-electron chi connectivity index (χ1n) is 8.86. The van der Waals surface area contributed by atoms with Gasteiger partial charge in [-0.15, -0.1) is 10.2 Å².